The van der Waals surface area contributed by atoms with Gasteiger partial charge in [-0.15, -0.1) is 11.3 Å². The van der Waals surface area contributed by atoms with Crippen molar-refractivity contribution >= 4 is 11.3 Å². The molecule has 0 amide bonds. The first-order chi connectivity index (χ1) is 13.2. The summed E-state index contributed by atoms with van der Waals surface area (Å²) in [5.41, 5.74) is 6.84. The molecule has 0 bridgehead atoms. The second-order valence-electron chi connectivity index (χ2n) is 7.17. The molecule has 4 rings (SSSR count). The average Bonchev–Trinajstić information content (AvgIpc) is 3.35. The van der Waals surface area contributed by atoms with Crippen LogP contribution in [0.25, 0.3) is 21.0 Å². The van der Waals surface area contributed by atoms with E-state index in [2.05, 4.69) is 29.3 Å². The highest BCUT2D eigenvalue weighted by molar-refractivity contribution is 7.18. The maximum absolute atomic E-state index is 9.52. The second-order valence-corrected chi connectivity index (χ2v) is 8.20. The minimum atomic E-state index is 0.144. The molecule has 0 unspecified atom stereocenters. The predicted molar refractivity (Wildman–Crippen MR) is 110 cm³/mol. The lowest BCUT2D eigenvalue weighted by Gasteiger charge is -2.09. The van der Waals surface area contributed by atoms with Gasteiger partial charge in [0, 0.05) is 11.8 Å². The monoisotopic (exact) mass is 374 g/mol. The normalized spacial score (nSPS) is 13.0. The molecule has 27 heavy (non-hydrogen) atoms. The topological polar surface area (TPSA) is 45.9 Å². The van der Waals surface area contributed by atoms with Gasteiger partial charge < -0.3 is 4.74 Å². The average molecular weight is 375 g/mol. The predicted octanol–water partition coefficient (Wildman–Crippen LogP) is 5.76. The Kier molecular flexibility index (Phi) is 5.07. The molecule has 3 nitrogen and oxygen atoms in total. The van der Waals surface area contributed by atoms with Gasteiger partial charge in [0.2, 0.25) is 0 Å². The number of hydrogen-bond donors (Lipinski definition) is 0. The van der Waals surface area contributed by atoms with E-state index in [1.165, 1.54) is 34.4 Å². The SMILES string of the molecule is CC(C)OCc1ccc(-c2ncc(-c3cccc4c3CCC4)s2)cc1C#N. The molecule has 0 saturated heterocycles. The molecule has 1 aliphatic rings. The number of fused-ring (bicyclic) bond motifs is 1. The van der Waals surface area contributed by atoms with Crippen molar-refractivity contribution in [3.8, 4) is 27.1 Å². The molecule has 0 aliphatic heterocycles. The van der Waals surface area contributed by atoms with E-state index < -0.39 is 0 Å². The zero-order valence-electron chi connectivity index (χ0n) is 15.7. The largest absolute Gasteiger partial charge is 0.374 e. The van der Waals surface area contributed by atoms with Gasteiger partial charge in [-0.3, -0.25) is 0 Å². The quantitative estimate of drug-likeness (QED) is 0.570. The highest BCUT2D eigenvalue weighted by atomic mass is 32.1. The number of thiazole rings is 1. The molecular formula is C23H22N2OS. The van der Waals surface area contributed by atoms with Gasteiger partial charge in [-0.05, 0) is 61.4 Å². The van der Waals surface area contributed by atoms with E-state index >= 15 is 0 Å². The van der Waals surface area contributed by atoms with Crippen LogP contribution in [0.4, 0.5) is 0 Å². The number of benzene rings is 2. The van der Waals surface area contributed by atoms with Crippen LogP contribution in [0.3, 0.4) is 0 Å². The summed E-state index contributed by atoms with van der Waals surface area (Å²) in [6, 6.07) is 14.8. The molecular weight excluding hydrogens is 352 g/mol. The van der Waals surface area contributed by atoms with Crippen molar-refractivity contribution in [2.75, 3.05) is 0 Å². The molecule has 0 spiro atoms. The summed E-state index contributed by atoms with van der Waals surface area (Å²) in [5.74, 6) is 0. The number of nitriles is 1. The van der Waals surface area contributed by atoms with Crippen LogP contribution >= 0.6 is 11.3 Å². The van der Waals surface area contributed by atoms with Gasteiger partial charge in [-0.1, -0.05) is 30.3 Å². The molecule has 1 aliphatic carbocycles. The number of aromatic nitrogens is 1. The van der Waals surface area contributed by atoms with E-state index in [4.69, 9.17) is 4.74 Å². The van der Waals surface area contributed by atoms with Crippen LogP contribution in [0.15, 0.2) is 42.6 Å². The third-order valence-electron chi connectivity index (χ3n) is 4.97. The minimum absolute atomic E-state index is 0.144. The molecule has 3 aromatic rings. The Labute approximate surface area is 164 Å². The van der Waals surface area contributed by atoms with Crippen LogP contribution in [0.2, 0.25) is 0 Å². The molecule has 0 fully saturated rings. The molecule has 2 aromatic carbocycles. The van der Waals surface area contributed by atoms with Crippen LogP contribution in [-0.2, 0) is 24.2 Å². The first-order valence-electron chi connectivity index (χ1n) is 9.37. The summed E-state index contributed by atoms with van der Waals surface area (Å²) in [6.45, 7) is 4.45. The number of ether oxygens (including phenoxy) is 1. The summed E-state index contributed by atoms with van der Waals surface area (Å²) >= 11 is 1.70. The fourth-order valence-corrected chi connectivity index (χ4v) is 4.54. The van der Waals surface area contributed by atoms with Gasteiger partial charge in [0.25, 0.3) is 0 Å². The lowest BCUT2D eigenvalue weighted by atomic mass is 10.0. The summed E-state index contributed by atoms with van der Waals surface area (Å²) in [4.78, 5) is 5.85. The van der Waals surface area contributed by atoms with Gasteiger partial charge in [-0.25, -0.2) is 4.98 Å². The number of rotatable bonds is 5. The lowest BCUT2D eigenvalue weighted by molar-refractivity contribution is 0.0656. The van der Waals surface area contributed by atoms with Gasteiger partial charge in [-0.2, -0.15) is 5.26 Å². The molecule has 4 heteroatoms. The summed E-state index contributed by atoms with van der Waals surface area (Å²) in [7, 11) is 0. The van der Waals surface area contributed by atoms with Crippen molar-refractivity contribution in [1.82, 2.24) is 4.98 Å². The third kappa shape index (κ3) is 3.66. The Balaban J connectivity index is 1.64. The lowest BCUT2D eigenvalue weighted by Crippen LogP contribution is -2.03. The molecule has 1 aromatic heterocycles. The van der Waals surface area contributed by atoms with Crippen LogP contribution in [0.1, 0.15) is 42.5 Å². The van der Waals surface area contributed by atoms with Crippen molar-refractivity contribution in [2.45, 2.75) is 45.8 Å². The van der Waals surface area contributed by atoms with E-state index in [9.17, 15) is 5.26 Å². The zero-order chi connectivity index (χ0) is 18.8. The van der Waals surface area contributed by atoms with Crippen molar-refractivity contribution in [3.05, 3.63) is 64.8 Å². The Morgan fingerprint density at radius 3 is 2.93 bits per heavy atom. The maximum Gasteiger partial charge on any atom is 0.123 e. The van der Waals surface area contributed by atoms with E-state index in [1.807, 2.05) is 38.2 Å². The van der Waals surface area contributed by atoms with Gasteiger partial charge in [0.05, 0.1) is 29.2 Å². The van der Waals surface area contributed by atoms with Gasteiger partial charge in [0.15, 0.2) is 0 Å². The molecule has 0 atom stereocenters. The highest BCUT2D eigenvalue weighted by Gasteiger charge is 2.17. The Morgan fingerprint density at radius 1 is 1.22 bits per heavy atom. The smallest absolute Gasteiger partial charge is 0.123 e. The second kappa shape index (κ2) is 7.64. The standard InChI is InChI=1S/C23H22N2OS/c1-15(2)26-14-18-10-9-17(11-19(18)12-24)23-25-13-22(27-23)21-8-4-6-16-5-3-7-20(16)21/h4,6,8-11,13,15H,3,5,7,14H2,1-2H3. The fourth-order valence-electron chi connectivity index (χ4n) is 3.58. The van der Waals surface area contributed by atoms with Gasteiger partial charge >= 0.3 is 0 Å². The van der Waals surface area contributed by atoms with Crippen LogP contribution < -0.4 is 0 Å². The molecule has 0 N–H and O–H groups in total. The van der Waals surface area contributed by atoms with Crippen LogP contribution in [0.5, 0.6) is 0 Å². The fraction of sp³-hybridized carbons (Fsp3) is 0.304. The number of nitrogens with zero attached hydrogens (tertiary/aromatic N) is 2. The Bertz CT molecular complexity index is 1010. The van der Waals surface area contributed by atoms with Gasteiger partial charge in [0.1, 0.15) is 5.01 Å². The van der Waals surface area contributed by atoms with Crippen molar-refractivity contribution in [2.24, 2.45) is 0 Å². The first kappa shape index (κ1) is 17.9. The van der Waals surface area contributed by atoms with E-state index in [-0.39, 0.29) is 6.10 Å². The highest BCUT2D eigenvalue weighted by Crippen LogP contribution is 2.38. The van der Waals surface area contributed by atoms with Crippen molar-refractivity contribution in [1.29, 1.82) is 5.26 Å². The molecule has 0 radical (unpaired) electrons. The first-order valence-corrected chi connectivity index (χ1v) is 10.2. The Hall–Kier alpha value is -2.48. The number of hydrogen-bond acceptors (Lipinski definition) is 4. The molecule has 0 saturated carbocycles. The van der Waals surface area contributed by atoms with E-state index in [0.717, 1.165) is 22.6 Å². The Morgan fingerprint density at radius 2 is 2.11 bits per heavy atom. The molecule has 1 heterocycles. The summed E-state index contributed by atoms with van der Waals surface area (Å²) in [6.07, 6.45) is 5.69. The third-order valence-corrected chi connectivity index (χ3v) is 6.05. The van der Waals surface area contributed by atoms with Crippen LogP contribution in [0, 0.1) is 11.3 Å². The summed E-state index contributed by atoms with van der Waals surface area (Å²) in [5, 5.41) is 10.5. The minimum Gasteiger partial charge on any atom is -0.374 e. The van der Waals surface area contributed by atoms with Crippen molar-refractivity contribution < 1.29 is 4.74 Å². The summed E-state index contributed by atoms with van der Waals surface area (Å²) < 4.78 is 5.66. The maximum atomic E-state index is 9.52. The zero-order valence-corrected chi connectivity index (χ0v) is 16.5. The van der Waals surface area contributed by atoms with Crippen LogP contribution in [-0.4, -0.2) is 11.1 Å². The van der Waals surface area contributed by atoms with E-state index in [1.54, 1.807) is 11.3 Å². The number of aryl methyl sites for hydroxylation is 1. The van der Waals surface area contributed by atoms with Crippen molar-refractivity contribution in [3.63, 3.8) is 0 Å². The molecule has 136 valence electrons. The van der Waals surface area contributed by atoms with E-state index in [0.29, 0.717) is 12.2 Å².